The summed E-state index contributed by atoms with van der Waals surface area (Å²) in [5, 5.41) is 3.26. The van der Waals surface area contributed by atoms with Gasteiger partial charge in [-0.2, -0.15) is 0 Å². The monoisotopic (exact) mass is 411 g/mol. The molecule has 1 aliphatic heterocycles. The number of Topliss-reactive ketones (excluding diaryl/α,β-unsaturated/α-hetero) is 1. The predicted octanol–water partition coefficient (Wildman–Crippen LogP) is 3.56. The highest BCUT2D eigenvalue weighted by molar-refractivity contribution is 6.12. The van der Waals surface area contributed by atoms with E-state index in [1.807, 2.05) is 45.0 Å². The molecule has 3 atom stereocenters. The first-order valence-corrected chi connectivity index (χ1v) is 10.3. The third kappa shape index (κ3) is 3.91. The van der Waals surface area contributed by atoms with Crippen molar-refractivity contribution in [3.63, 3.8) is 0 Å². The molecule has 1 aromatic carbocycles. The number of esters is 2. The Kier molecular flexibility index (Phi) is 6.15. The maximum Gasteiger partial charge on any atom is 0.337 e. The van der Waals surface area contributed by atoms with Gasteiger partial charge in [0.15, 0.2) is 5.78 Å². The van der Waals surface area contributed by atoms with E-state index in [1.165, 1.54) is 7.11 Å². The van der Waals surface area contributed by atoms with Gasteiger partial charge < -0.3 is 14.8 Å². The molecule has 0 bridgehead atoms. The predicted molar refractivity (Wildman–Crippen MR) is 112 cm³/mol. The van der Waals surface area contributed by atoms with Crippen LogP contribution in [0, 0.1) is 18.8 Å². The lowest BCUT2D eigenvalue weighted by molar-refractivity contribution is -0.151. The summed E-state index contributed by atoms with van der Waals surface area (Å²) in [6, 6.07) is 7.74. The zero-order valence-electron chi connectivity index (χ0n) is 18.4. The van der Waals surface area contributed by atoms with Crippen LogP contribution in [0.1, 0.15) is 51.2 Å². The Morgan fingerprint density at radius 1 is 1.13 bits per heavy atom. The molecule has 1 N–H and O–H groups in total. The van der Waals surface area contributed by atoms with E-state index in [1.54, 1.807) is 13.8 Å². The fourth-order valence-electron chi connectivity index (χ4n) is 4.32. The lowest BCUT2D eigenvalue weighted by atomic mass is 9.69. The highest BCUT2D eigenvalue weighted by atomic mass is 16.5. The molecule has 0 radical (unpaired) electrons. The standard InChI is InChI=1S/C24H29NO5/c1-12(2)30-24(28)19-15(5)25-17-11-14(4)18(23(27)29-6)22(26)21(17)20(19)16-9-7-13(3)8-10-16/h7-10,12,14,18,20,25H,11H2,1-6H3. The van der Waals surface area contributed by atoms with Gasteiger partial charge in [-0.15, -0.1) is 0 Å². The minimum absolute atomic E-state index is 0.202. The van der Waals surface area contributed by atoms with E-state index in [0.29, 0.717) is 23.3 Å². The second-order valence-corrected chi connectivity index (χ2v) is 8.40. The van der Waals surface area contributed by atoms with Gasteiger partial charge >= 0.3 is 11.9 Å². The molecule has 3 rings (SSSR count). The summed E-state index contributed by atoms with van der Waals surface area (Å²) in [5.41, 5.74) is 4.17. The highest BCUT2D eigenvalue weighted by Gasteiger charge is 2.47. The first kappa shape index (κ1) is 21.8. The van der Waals surface area contributed by atoms with Gasteiger partial charge in [0.2, 0.25) is 0 Å². The van der Waals surface area contributed by atoms with E-state index in [9.17, 15) is 14.4 Å². The summed E-state index contributed by atoms with van der Waals surface area (Å²) in [5.74, 6) is -2.99. The van der Waals surface area contributed by atoms with Crippen LogP contribution in [0.5, 0.6) is 0 Å². The van der Waals surface area contributed by atoms with E-state index < -0.39 is 23.8 Å². The zero-order chi connectivity index (χ0) is 22.2. The number of ketones is 1. The largest absolute Gasteiger partial charge is 0.468 e. The van der Waals surface area contributed by atoms with Crippen molar-refractivity contribution in [2.75, 3.05) is 7.11 Å². The Hall–Kier alpha value is -2.89. The van der Waals surface area contributed by atoms with Crippen LogP contribution in [-0.4, -0.2) is 30.9 Å². The number of benzene rings is 1. The Bertz CT molecular complexity index is 939. The number of carbonyl (C=O) groups is 3. The highest BCUT2D eigenvalue weighted by Crippen LogP contribution is 2.45. The molecule has 1 aliphatic carbocycles. The summed E-state index contributed by atoms with van der Waals surface area (Å²) >= 11 is 0. The molecular weight excluding hydrogens is 382 g/mol. The van der Waals surface area contributed by atoms with Crippen LogP contribution in [0.25, 0.3) is 0 Å². The molecule has 160 valence electrons. The van der Waals surface area contributed by atoms with Crippen LogP contribution >= 0.6 is 0 Å². The number of methoxy groups -OCH3 is 1. The van der Waals surface area contributed by atoms with Crippen molar-refractivity contribution in [1.82, 2.24) is 5.32 Å². The van der Waals surface area contributed by atoms with Crippen molar-refractivity contribution in [3.8, 4) is 0 Å². The molecule has 0 aromatic heterocycles. The minimum atomic E-state index is -0.885. The maximum atomic E-state index is 13.5. The number of allylic oxidation sites excluding steroid dienone is 3. The van der Waals surface area contributed by atoms with Gasteiger partial charge in [0.1, 0.15) is 5.92 Å². The van der Waals surface area contributed by atoms with Crippen LogP contribution in [0.3, 0.4) is 0 Å². The Balaban J connectivity index is 2.17. The van der Waals surface area contributed by atoms with Crippen LogP contribution in [0.2, 0.25) is 0 Å². The summed E-state index contributed by atoms with van der Waals surface area (Å²) in [6.45, 7) is 9.25. The Morgan fingerprint density at radius 2 is 1.77 bits per heavy atom. The molecular formula is C24H29NO5. The first-order valence-electron chi connectivity index (χ1n) is 10.3. The SMILES string of the molecule is COC(=O)C1C(=O)C2=C(CC1C)NC(C)=C(C(=O)OC(C)C)C2c1ccc(C)cc1. The molecule has 3 unspecified atom stereocenters. The molecule has 0 saturated carbocycles. The van der Waals surface area contributed by atoms with Crippen LogP contribution < -0.4 is 5.32 Å². The number of hydrogen-bond donors (Lipinski definition) is 1. The fourth-order valence-corrected chi connectivity index (χ4v) is 4.32. The van der Waals surface area contributed by atoms with Crippen molar-refractivity contribution in [1.29, 1.82) is 0 Å². The van der Waals surface area contributed by atoms with E-state index in [4.69, 9.17) is 9.47 Å². The molecule has 30 heavy (non-hydrogen) atoms. The summed E-state index contributed by atoms with van der Waals surface area (Å²) in [7, 11) is 1.29. The number of carbonyl (C=O) groups excluding carboxylic acids is 3. The zero-order valence-corrected chi connectivity index (χ0v) is 18.4. The summed E-state index contributed by atoms with van der Waals surface area (Å²) in [4.78, 5) is 39.0. The number of aryl methyl sites for hydroxylation is 1. The van der Waals surface area contributed by atoms with Gasteiger partial charge in [-0.25, -0.2) is 4.79 Å². The van der Waals surface area contributed by atoms with Crippen molar-refractivity contribution < 1.29 is 23.9 Å². The van der Waals surface area contributed by atoms with Crippen molar-refractivity contribution >= 4 is 17.7 Å². The smallest absolute Gasteiger partial charge is 0.337 e. The Morgan fingerprint density at radius 3 is 2.33 bits per heavy atom. The molecule has 0 amide bonds. The average Bonchev–Trinajstić information content (AvgIpc) is 2.66. The molecule has 6 nitrogen and oxygen atoms in total. The molecule has 0 spiro atoms. The van der Waals surface area contributed by atoms with Crippen molar-refractivity contribution in [3.05, 3.63) is 57.9 Å². The van der Waals surface area contributed by atoms with Gasteiger partial charge in [0, 0.05) is 22.9 Å². The van der Waals surface area contributed by atoms with Crippen molar-refractivity contribution in [2.45, 2.75) is 53.1 Å². The minimum Gasteiger partial charge on any atom is -0.468 e. The molecule has 1 heterocycles. The van der Waals surface area contributed by atoms with Crippen LogP contribution in [-0.2, 0) is 23.9 Å². The number of ether oxygens (including phenoxy) is 2. The molecule has 0 fully saturated rings. The van der Waals surface area contributed by atoms with Gasteiger partial charge in [0.05, 0.1) is 18.8 Å². The fraction of sp³-hybridized carbons (Fsp3) is 0.458. The van der Waals surface area contributed by atoms with Gasteiger partial charge in [0.25, 0.3) is 0 Å². The molecule has 2 aliphatic rings. The van der Waals surface area contributed by atoms with E-state index in [-0.39, 0.29) is 17.8 Å². The molecule has 6 heteroatoms. The van der Waals surface area contributed by atoms with Crippen LogP contribution in [0.15, 0.2) is 46.8 Å². The second kappa shape index (κ2) is 8.46. The lowest BCUT2D eigenvalue weighted by Gasteiger charge is -2.38. The van der Waals surface area contributed by atoms with E-state index in [2.05, 4.69) is 5.32 Å². The maximum absolute atomic E-state index is 13.5. The second-order valence-electron chi connectivity index (χ2n) is 8.40. The topological polar surface area (TPSA) is 81.7 Å². The van der Waals surface area contributed by atoms with E-state index >= 15 is 0 Å². The summed E-state index contributed by atoms with van der Waals surface area (Å²) in [6.07, 6.45) is 0.226. The lowest BCUT2D eigenvalue weighted by Crippen LogP contribution is -2.43. The normalized spacial score (nSPS) is 23.8. The number of dihydropyridines is 1. The van der Waals surface area contributed by atoms with Crippen LogP contribution in [0.4, 0.5) is 0 Å². The molecule has 1 aromatic rings. The first-order chi connectivity index (χ1) is 14.1. The van der Waals surface area contributed by atoms with Crippen molar-refractivity contribution in [2.24, 2.45) is 11.8 Å². The quantitative estimate of drug-likeness (QED) is 0.603. The Labute approximate surface area is 177 Å². The molecule has 0 saturated heterocycles. The van der Waals surface area contributed by atoms with Gasteiger partial charge in [-0.05, 0) is 45.6 Å². The number of rotatable bonds is 4. The van der Waals surface area contributed by atoms with Gasteiger partial charge in [-0.3, -0.25) is 9.59 Å². The van der Waals surface area contributed by atoms with E-state index in [0.717, 1.165) is 16.8 Å². The third-order valence-corrected chi connectivity index (χ3v) is 5.72. The van der Waals surface area contributed by atoms with Gasteiger partial charge in [-0.1, -0.05) is 36.8 Å². The average molecular weight is 411 g/mol. The third-order valence-electron chi connectivity index (χ3n) is 5.72. The number of hydrogen-bond acceptors (Lipinski definition) is 6. The number of nitrogens with one attached hydrogen (secondary N) is 1. The summed E-state index contributed by atoms with van der Waals surface area (Å²) < 4.78 is 10.4.